The maximum atomic E-state index is 13.2. The molecule has 3 fully saturated rings. The Morgan fingerprint density at radius 2 is 1.93 bits per heavy atom. The van der Waals surface area contributed by atoms with Crippen molar-refractivity contribution in [3.8, 4) is 0 Å². The van der Waals surface area contributed by atoms with Crippen molar-refractivity contribution in [2.24, 2.45) is 0 Å². The lowest BCUT2D eigenvalue weighted by Crippen LogP contribution is -2.53. The summed E-state index contributed by atoms with van der Waals surface area (Å²) in [6.45, 7) is 2.49. The van der Waals surface area contributed by atoms with Gasteiger partial charge >= 0.3 is 0 Å². The summed E-state index contributed by atoms with van der Waals surface area (Å²) in [6, 6.07) is 6.46. The summed E-state index contributed by atoms with van der Waals surface area (Å²) < 4.78 is 24.1. The van der Waals surface area contributed by atoms with E-state index in [2.05, 4.69) is 10.2 Å². The zero-order chi connectivity index (χ0) is 18.9. The summed E-state index contributed by atoms with van der Waals surface area (Å²) >= 11 is 0. The fourth-order valence-corrected chi connectivity index (χ4v) is 4.67. The Bertz CT molecular complexity index is 648. The Morgan fingerprint density at radius 1 is 1.22 bits per heavy atom. The van der Waals surface area contributed by atoms with E-state index < -0.39 is 5.60 Å². The van der Waals surface area contributed by atoms with E-state index in [4.69, 9.17) is 9.47 Å². The van der Waals surface area contributed by atoms with Crippen LogP contribution < -0.4 is 5.32 Å². The summed E-state index contributed by atoms with van der Waals surface area (Å²) in [5, 5.41) is 14.1. The molecule has 4 rings (SSSR count). The van der Waals surface area contributed by atoms with Crippen LogP contribution in [0.3, 0.4) is 0 Å². The lowest BCUT2D eigenvalue weighted by molar-refractivity contribution is -0.128. The number of hydrogen-bond acceptors (Lipinski definition) is 5. The van der Waals surface area contributed by atoms with Gasteiger partial charge in [0.2, 0.25) is 5.91 Å². The Hall–Kier alpha value is -1.54. The number of piperidine rings is 1. The third-order valence-corrected chi connectivity index (χ3v) is 6.04. The van der Waals surface area contributed by atoms with E-state index in [1.54, 1.807) is 12.1 Å². The molecular formula is C20H27FN2O4. The van der Waals surface area contributed by atoms with Gasteiger partial charge in [0.15, 0.2) is 0 Å². The lowest BCUT2D eigenvalue weighted by Gasteiger charge is -2.43. The smallest absolute Gasteiger partial charge is 0.234 e. The Morgan fingerprint density at radius 3 is 2.56 bits per heavy atom. The van der Waals surface area contributed by atoms with Gasteiger partial charge in [-0.1, -0.05) is 12.1 Å². The molecule has 2 N–H and O–H groups in total. The minimum absolute atomic E-state index is 0.0201. The van der Waals surface area contributed by atoms with E-state index in [9.17, 15) is 14.3 Å². The van der Waals surface area contributed by atoms with Crippen LogP contribution in [0.25, 0.3) is 0 Å². The third kappa shape index (κ3) is 4.16. The van der Waals surface area contributed by atoms with Gasteiger partial charge in [-0.15, -0.1) is 0 Å². The summed E-state index contributed by atoms with van der Waals surface area (Å²) in [5.41, 5.74) is -0.181. The molecule has 27 heavy (non-hydrogen) atoms. The second-order valence-electron chi connectivity index (χ2n) is 7.88. The maximum Gasteiger partial charge on any atom is 0.234 e. The molecule has 0 saturated carbocycles. The molecule has 0 radical (unpaired) electrons. The number of nitrogens with zero attached hydrogens (tertiary/aromatic N) is 1. The highest BCUT2D eigenvalue weighted by Crippen LogP contribution is 2.45. The van der Waals surface area contributed by atoms with Gasteiger partial charge in [0.1, 0.15) is 5.82 Å². The number of nitrogens with one attached hydrogen (secondary N) is 1. The topological polar surface area (TPSA) is 71.0 Å². The number of carbonyl (C=O) groups is 1. The number of halogens is 1. The lowest BCUT2D eigenvalue weighted by atomic mass is 9.80. The first-order valence-corrected chi connectivity index (χ1v) is 9.74. The van der Waals surface area contributed by atoms with Crippen LogP contribution in [-0.4, -0.2) is 67.0 Å². The van der Waals surface area contributed by atoms with Crippen LogP contribution >= 0.6 is 0 Å². The number of fused-ring (bicyclic) bond motifs is 2. The molecule has 6 nitrogen and oxygen atoms in total. The van der Waals surface area contributed by atoms with Crippen molar-refractivity contribution < 1.29 is 23.8 Å². The van der Waals surface area contributed by atoms with Crippen LogP contribution in [0.5, 0.6) is 0 Å². The van der Waals surface area contributed by atoms with Crippen LogP contribution in [0.1, 0.15) is 31.2 Å². The molecule has 3 atom stereocenters. The number of hydrogen-bond donors (Lipinski definition) is 2. The second-order valence-corrected chi connectivity index (χ2v) is 7.88. The van der Waals surface area contributed by atoms with Crippen LogP contribution in [0, 0.1) is 5.82 Å². The van der Waals surface area contributed by atoms with Gasteiger partial charge in [-0.2, -0.15) is 0 Å². The van der Waals surface area contributed by atoms with Gasteiger partial charge in [-0.3, -0.25) is 9.69 Å². The summed E-state index contributed by atoms with van der Waals surface area (Å²) in [7, 11) is 0. The highest BCUT2D eigenvalue weighted by Gasteiger charge is 2.48. The van der Waals surface area contributed by atoms with Crippen molar-refractivity contribution in [2.45, 2.75) is 49.5 Å². The van der Waals surface area contributed by atoms with E-state index in [0.717, 1.165) is 18.4 Å². The Labute approximate surface area is 158 Å². The fraction of sp³-hybridized carbons (Fsp3) is 0.650. The predicted molar refractivity (Wildman–Crippen MR) is 96.6 cm³/mol. The van der Waals surface area contributed by atoms with E-state index in [0.29, 0.717) is 45.8 Å². The van der Waals surface area contributed by atoms with Gasteiger partial charge < -0.3 is 19.9 Å². The molecule has 1 aromatic rings. The third-order valence-electron chi connectivity index (χ3n) is 6.04. The van der Waals surface area contributed by atoms with Crippen molar-refractivity contribution in [3.05, 3.63) is 35.6 Å². The summed E-state index contributed by atoms with van der Waals surface area (Å²) in [4.78, 5) is 14.6. The van der Waals surface area contributed by atoms with E-state index in [-0.39, 0.29) is 29.9 Å². The van der Waals surface area contributed by atoms with Crippen molar-refractivity contribution >= 4 is 5.91 Å². The first kappa shape index (κ1) is 18.8. The molecule has 1 aromatic carbocycles. The maximum absolute atomic E-state index is 13.2. The van der Waals surface area contributed by atoms with Crippen LogP contribution in [0.4, 0.5) is 4.39 Å². The molecule has 0 aliphatic carbocycles. The van der Waals surface area contributed by atoms with Gasteiger partial charge in [0.25, 0.3) is 0 Å². The van der Waals surface area contributed by atoms with Crippen molar-refractivity contribution in [1.29, 1.82) is 0 Å². The standard InChI is InChI=1S/C20H27FN2O4/c21-15-3-1-14(2-4-15)20(25)9-16-5-6-17(10-20)23(16)12-19(24)22-11-18-13-26-7-8-27-18/h1-4,16-18,25H,5-13H2,(H,22,24). The van der Waals surface area contributed by atoms with Crippen LogP contribution in [0.2, 0.25) is 0 Å². The highest BCUT2D eigenvalue weighted by atomic mass is 19.1. The minimum atomic E-state index is -0.945. The summed E-state index contributed by atoms with van der Waals surface area (Å²) in [5.74, 6) is -0.319. The van der Waals surface area contributed by atoms with Gasteiger partial charge in [-0.05, 0) is 43.4 Å². The zero-order valence-electron chi connectivity index (χ0n) is 15.4. The van der Waals surface area contributed by atoms with Crippen LogP contribution in [0.15, 0.2) is 24.3 Å². The molecule has 0 spiro atoms. The highest BCUT2D eigenvalue weighted by molar-refractivity contribution is 5.78. The van der Waals surface area contributed by atoms with Crippen molar-refractivity contribution in [2.75, 3.05) is 32.9 Å². The zero-order valence-corrected chi connectivity index (χ0v) is 15.4. The SMILES string of the molecule is O=C(CN1C2CCC1CC(O)(c1ccc(F)cc1)C2)NCC1COCCO1. The molecule has 3 aliphatic rings. The molecule has 3 heterocycles. The average Bonchev–Trinajstić information content (AvgIpc) is 2.91. The molecule has 3 unspecified atom stereocenters. The molecule has 7 heteroatoms. The molecular weight excluding hydrogens is 351 g/mol. The first-order chi connectivity index (χ1) is 13.0. The number of aliphatic hydroxyl groups is 1. The number of benzene rings is 1. The van der Waals surface area contributed by atoms with E-state index in [1.807, 2.05) is 0 Å². The largest absolute Gasteiger partial charge is 0.385 e. The summed E-state index contributed by atoms with van der Waals surface area (Å²) in [6.07, 6.45) is 3.01. The molecule has 1 amide bonds. The number of carbonyl (C=O) groups excluding carboxylic acids is 1. The molecule has 3 aliphatic heterocycles. The first-order valence-electron chi connectivity index (χ1n) is 9.74. The Kier molecular flexibility index (Phi) is 5.45. The van der Waals surface area contributed by atoms with Crippen molar-refractivity contribution in [1.82, 2.24) is 10.2 Å². The predicted octanol–water partition coefficient (Wildman–Crippen LogP) is 1.17. The molecule has 148 valence electrons. The number of ether oxygens (including phenoxy) is 2. The van der Waals surface area contributed by atoms with Crippen LogP contribution in [-0.2, 0) is 19.9 Å². The average molecular weight is 378 g/mol. The van der Waals surface area contributed by atoms with Crippen molar-refractivity contribution in [3.63, 3.8) is 0 Å². The van der Waals surface area contributed by atoms with Gasteiger partial charge in [-0.25, -0.2) is 4.39 Å². The fourth-order valence-electron chi connectivity index (χ4n) is 4.67. The number of amides is 1. The van der Waals surface area contributed by atoms with Gasteiger partial charge in [0, 0.05) is 18.6 Å². The quantitative estimate of drug-likeness (QED) is 0.805. The second kappa shape index (κ2) is 7.83. The van der Waals surface area contributed by atoms with E-state index in [1.165, 1.54) is 12.1 Å². The molecule has 2 bridgehead atoms. The monoisotopic (exact) mass is 378 g/mol. The van der Waals surface area contributed by atoms with Gasteiger partial charge in [0.05, 0.1) is 38.1 Å². The minimum Gasteiger partial charge on any atom is -0.385 e. The Balaban J connectivity index is 1.33. The van der Waals surface area contributed by atoms with E-state index >= 15 is 0 Å². The normalized spacial score (nSPS) is 33.8. The molecule has 0 aromatic heterocycles. The molecule has 3 saturated heterocycles. The number of rotatable bonds is 5.